The van der Waals surface area contributed by atoms with Gasteiger partial charge < -0.3 is 14.6 Å². The molecule has 1 aliphatic rings. The molecule has 0 heterocycles. The number of phenols is 1. The molecule has 0 amide bonds. The third kappa shape index (κ3) is 7.85. The molecule has 0 spiro atoms. The van der Waals surface area contributed by atoms with Gasteiger partial charge in [-0.05, 0) is 67.9 Å². The predicted octanol–water partition coefficient (Wildman–Crippen LogP) is 7.51. The first kappa shape index (κ1) is 26.3. The van der Waals surface area contributed by atoms with Crippen LogP contribution in [0.1, 0.15) is 77.8 Å². The topological polar surface area (TPSA) is 38.7 Å². The predicted molar refractivity (Wildman–Crippen MR) is 140 cm³/mol. The first-order valence-electron chi connectivity index (χ1n) is 12.1. The van der Waals surface area contributed by atoms with Crippen LogP contribution in [-0.2, 0) is 6.61 Å². The van der Waals surface area contributed by atoms with Gasteiger partial charge in [-0.2, -0.15) is 0 Å². The molecule has 1 saturated carbocycles. The molecule has 176 valence electrons. The quantitative estimate of drug-likeness (QED) is 0.418. The zero-order chi connectivity index (χ0) is 23.5. The van der Waals surface area contributed by atoms with Gasteiger partial charge >= 0.3 is 0 Å². The van der Waals surface area contributed by atoms with Crippen LogP contribution < -0.4 is 14.8 Å². The van der Waals surface area contributed by atoms with Crippen LogP contribution in [0.3, 0.4) is 0 Å². The number of benzene rings is 2. The summed E-state index contributed by atoms with van der Waals surface area (Å²) in [6.45, 7) is 11.0. The molecule has 2 unspecified atom stereocenters. The van der Waals surface area contributed by atoms with E-state index in [0.29, 0.717) is 12.5 Å². The van der Waals surface area contributed by atoms with Gasteiger partial charge in [0.2, 0.25) is 0 Å². The fourth-order valence-corrected chi connectivity index (χ4v) is 4.16. The molecule has 32 heavy (non-hydrogen) atoms. The zero-order valence-electron chi connectivity index (χ0n) is 20.4. The Labute approximate surface area is 197 Å². The summed E-state index contributed by atoms with van der Waals surface area (Å²) >= 11 is 0. The van der Waals surface area contributed by atoms with E-state index in [0.717, 1.165) is 40.3 Å². The Balaban J connectivity index is 0.00000176. The lowest BCUT2D eigenvalue weighted by atomic mass is 9.83. The minimum absolute atomic E-state index is 0.138. The number of rotatable bonds is 8. The van der Waals surface area contributed by atoms with Crippen molar-refractivity contribution < 1.29 is 14.6 Å². The second kappa shape index (κ2) is 13.5. The van der Waals surface area contributed by atoms with Crippen LogP contribution in [0.15, 0.2) is 42.5 Å². The van der Waals surface area contributed by atoms with E-state index in [9.17, 15) is 5.11 Å². The van der Waals surface area contributed by atoms with Crippen LogP contribution in [0.5, 0.6) is 17.2 Å². The Kier molecular flexibility index (Phi) is 11.1. The smallest absolute Gasteiger partial charge is 0.137 e. The van der Waals surface area contributed by atoms with E-state index in [1.54, 1.807) is 12.1 Å². The lowest BCUT2D eigenvalue weighted by Gasteiger charge is -2.24. The number of ether oxygens (including phenoxy) is 2. The minimum atomic E-state index is 0.138. The van der Waals surface area contributed by atoms with E-state index < -0.39 is 0 Å². The summed E-state index contributed by atoms with van der Waals surface area (Å²) in [6, 6.07) is 11.2. The second-order valence-corrected chi connectivity index (χ2v) is 9.14. The monoisotopic (exact) mass is 456 g/mol. The highest BCUT2D eigenvalue weighted by Gasteiger charge is 2.17. The van der Waals surface area contributed by atoms with Crippen molar-refractivity contribution in [3.63, 3.8) is 0 Å². The van der Waals surface area contributed by atoms with E-state index in [4.69, 9.17) is 9.47 Å². The molecule has 0 saturated heterocycles. The van der Waals surface area contributed by atoms with E-state index in [-0.39, 0.29) is 11.9 Å². The maximum atomic E-state index is 9.45. The number of aromatic hydroxyl groups is 1. The van der Waals surface area contributed by atoms with Crippen LogP contribution in [0.2, 0.25) is 0 Å². The molecule has 1 fully saturated rings. The summed E-state index contributed by atoms with van der Waals surface area (Å²) in [5.41, 5.74) is 2.12. The number of phenolic OH excluding ortho intramolecular Hbond substituents is 1. The van der Waals surface area contributed by atoms with Crippen molar-refractivity contribution in [2.45, 2.75) is 79.4 Å². The highest BCUT2D eigenvalue weighted by Crippen LogP contribution is 2.32. The number of hydrogen-bond acceptors (Lipinski definition) is 3. The summed E-state index contributed by atoms with van der Waals surface area (Å²) < 4.78 is 12.4. The van der Waals surface area contributed by atoms with Crippen LogP contribution >= 0.6 is 9.24 Å². The van der Waals surface area contributed by atoms with Gasteiger partial charge in [-0.25, -0.2) is 0 Å². The van der Waals surface area contributed by atoms with Crippen molar-refractivity contribution in [1.29, 1.82) is 0 Å². The van der Waals surface area contributed by atoms with E-state index in [1.807, 2.05) is 32.0 Å². The molecule has 0 radical (unpaired) electrons. The van der Waals surface area contributed by atoms with Crippen molar-refractivity contribution in [3.05, 3.63) is 53.6 Å². The van der Waals surface area contributed by atoms with Gasteiger partial charge in [-0.1, -0.05) is 74.1 Å². The van der Waals surface area contributed by atoms with Crippen LogP contribution in [0.25, 0.3) is 6.08 Å². The van der Waals surface area contributed by atoms with Gasteiger partial charge in [-0.15, -0.1) is 0 Å². The van der Waals surface area contributed by atoms with Gasteiger partial charge in [0.15, 0.2) is 0 Å². The first-order valence-corrected chi connectivity index (χ1v) is 12.7. The molecule has 0 aromatic heterocycles. The molecule has 0 bridgehead atoms. The molecule has 2 atom stereocenters. The SMILES string of the molecule is CC.CCC(C)Oc1c(/C=C/C2CCC(C)CC2)ccc(OCc2ccc(O)cc2)c1P. The van der Waals surface area contributed by atoms with Crippen molar-refractivity contribution in [3.8, 4) is 17.2 Å². The van der Waals surface area contributed by atoms with E-state index >= 15 is 0 Å². The summed E-state index contributed by atoms with van der Waals surface area (Å²) in [4.78, 5) is 0. The lowest BCUT2D eigenvalue weighted by Crippen LogP contribution is -2.16. The highest BCUT2D eigenvalue weighted by molar-refractivity contribution is 7.28. The summed E-state index contributed by atoms with van der Waals surface area (Å²) in [6.07, 6.45) is 10.9. The Bertz CT molecular complexity index is 837. The molecule has 4 heteroatoms. The standard InChI is InChI=1S/C26H35O3P.C2H6/c1-4-19(3)29-25-22(12-9-20-7-5-18(2)6-8-20)13-16-24(26(25)30)28-17-21-10-14-23(27)15-11-21;1-2/h9-16,18-20,27H,4-8,17,30H2,1-3H3;1-2H3/b12-9+;. The molecular formula is C28H41O3P. The molecule has 1 aliphatic carbocycles. The van der Waals surface area contributed by atoms with Crippen LogP contribution in [0, 0.1) is 11.8 Å². The maximum absolute atomic E-state index is 9.45. The van der Waals surface area contributed by atoms with Gasteiger partial charge in [0.05, 0.1) is 11.4 Å². The Hall–Kier alpha value is -1.99. The van der Waals surface area contributed by atoms with E-state index in [1.165, 1.54) is 25.7 Å². The molecule has 3 rings (SSSR count). The molecule has 2 aromatic rings. The van der Waals surface area contributed by atoms with Crippen molar-refractivity contribution in [1.82, 2.24) is 0 Å². The molecule has 0 aliphatic heterocycles. The summed E-state index contributed by atoms with van der Waals surface area (Å²) in [5, 5.41) is 10.4. The Morgan fingerprint density at radius 3 is 2.34 bits per heavy atom. The average Bonchev–Trinajstić information content (AvgIpc) is 2.82. The fraction of sp³-hybridized carbons (Fsp3) is 0.500. The maximum Gasteiger partial charge on any atom is 0.137 e. The normalized spacial score (nSPS) is 19.2. The zero-order valence-corrected chi connectivity index (χ0v) is 21.6. The van der Waals surface area contributed by atoms with E-state index in [2.05, 4.69) is 48.2 Å². The highest BCUT2D eigenvalue weighted by atomic mass is 31.0. The molecule has 3 nitrogen and oxygen atoms in total. The number of allylic oxidation sites excluding steroid dienone is 1. The largest absolute Gasteiger partial charge is 0.508 e. The Morgan fingerprint density at radius 1 is 1.06 bits per heavy atom. The molecule has 1 N–H and O–H groups in total. The second-order valence-electron chi connectivity index (χ2n) is 8.57. The van der Waals surface area contributed by atoms with Gasteiger partial charge in [-0.3, -0.25) is 0 Å². The van der Waals surface area contributed by atoms with Crippen molar-refractivity contribution in [2.75, 3.05) is 0 Å². The van der Waals surface area contributed by atoms with Crippen molar-refractivity contribution in [2.24, 2.45) is 11.8 Å². The van der Waals surface area contributed by atoms with Crippen molar-refractivity contribution >= 4 is 20.6 Å². The van der Waals surface area contributed by atoms with Gasteiger partial charge in [0.1, 0.15) is 23.9 Å². The third-order valence-corrected chi connectivity index (χ3v) is 6.57. The fourth-order valence-electron chi connectivity index (χ4n) is 3.74. The lowest BCUT2D eigenvalue weighted by molar-refractivity contribution is 0.217. The van der Waals surface area contributed by atoms with Crippen LogP contribution in [0.4, 0.5) is 0 Å². The minimum Gasteiger partial charge on any atom is -0.508 e. The summed E-state index contributed by atoms with van der Waals surface area (Å²) in [5.74, 6) is 3.48. The molecular weight excluding hydrogens is 415 g/mol. The van der Waals surface area contributed by atoms with Gasteiger partial charge in [0.25, 0.3) is 0 Å². The van der Waals surface area contributed by atoms with Gasteiger partial charge in [0, 0.05) is 5.56 Å². The third-order valence-electron chi connectivity index (χ3n) is 6.02. The Morgan fingerprint density at radius 2 is 1.72 bits per heavy atom. The number of hydrogen-bond donors (Lipinski definition) is 1. The van der Waals surface area contributed by atoms with Crippen LogP contribution in [-0.4, -0.2) is 11.2 Å². The first-order chi connectivity index (χ1) is 15.5. The summed E-state index contributed by atoms with van der Waals surface area (Å²) in [7, 11) is 2.81. The average molecular weight is 457 g/mol. The molecule has 2 aromatic carbocycles.